The van der Waals surface area contributed by atoms with E-state index in [-0.39, 0.29) is 18.1 Å². The molecule has 0 atom stereocenters. The normalized spacial score (nSPS) is 13.1. The summed E-state index contributed by atoms with van der Waals surface area (Å²) in [5, 5.41) is 15.9. The van der Waals surface area contributed by atoms with Gasteiger partial charge in [0.15, 0.2) is 0 Å². The Morgan fingerprint density at radius 1 is 1.24 bits per heavy atom. The Morgan fingerprint density at radius 3 is 2.95 bits per heavy atom. The standard InChI is InChI=1S/C17H18N2O2/c20-16-6-2-1-4-13(16)10-17(21)19-14-8-7-12-5-3-9-18-15(12)11-14/h1-2,4,6-8,11,18,20H,3,5,9-10H2,(H,19,21). The highest BCUT2D eigenvalue weighted by atomic mass is 16.3. The molecule has 108 valence electrons. The van der Waals surface area contributed by atoms with Crippen molar-refractivity contribution in [1.29, 1.82) is 0 Å². The number of phenolic OH excluding ortho intramolecular Hbond substituents is 1. The highest BCUT2D eigenvalue weighted by molar-refractivity contribution is 5.93. The van der Waals surface area contributed by atoms with Crippen LogP contribution in [0.25, 0.3) is 0 Å². The van der Waals surface area contributed by atoms with Crippen molar-refractivity contribution >= 4 is 17.3 Å². The SMILES string of the molecule is O=C(Cc1ccccc1O)Nc1ccc2c(c1)NCCC2. The maximum atomic E-state index is 12.1. The Bertz CT molecular complexity index is 668. The van der Waals surface area contributed by atoms with E-state index in [1.54, 1.807) is 18.2 Å². The Balaban J connectivity index is 1.69. The summed E-state index contributed by atoms with van der Waals surface area (Å²) in [6.07, 6.45) is 2.39. The van der Waals surface area contributed by atoms with Crippen LogP contribution >= 0.6 is 0 Å². The Kier molecular flexibility index (Phi) is 3.77. The summed E-state index contributed by atoms with van der Waals surface area (Å²) < 4.78 is 0. The fraction of sp³-hybridized carbons (Fsp3) is 0.235. The van der Waals surface area contributed by atoms with Gasteiger partial charge in [-0.05, 0) is 36.6 Å². The zero-order valence-electron chi connectivity index (χ0n) is 11.7. The van der Waals surface area contributed by atoms with E-state index in [0.717, 1.165) is 30.8 Å². The molecule has 4 heteroatoms. The monoisotopic (exact) mass is 282 g/mol. The van der Waals surface area contributed by atoms with Crippen LogP contribution in [0, 0.1) is 0 Å². The number of phenols is 1. The quantitative estimate of drug-likeness (QED) is 0.811. The van der Waals surface area contributed by atoms with Gasteiger partial charge in [-0.15, -0.1) is 0 Å². The minimum Gasteiger partial charge on any atom is -0.508 e. The number of nitrogens with one attached hydrogen (secondary N) is 2. The van der Waals surface area contributed by atoms with Crippen LogP contribution in [-0.4, -0.2) is 17.6 Å². The van der Waals surface area contributed by atoms with Crippen LogP contribution in [0.4, 0.5) is 11.4 Å². The molecule has 4 nitrogen and oxygen atoms in total. The first-order valence-corrected chi connectivity index (χ1v) is 7.16. The lowest BCUT2D eigenvalue weighted by molar-refractivity contribution is -0.115. The van der Waals surface area contributed by atoms with Gasteiger partial charge >= 0.3 is 0 Å². The third-order valence-corrected chi connectivity index (χ3v) is 3.67. The molecule has 0 aromatic heterocycles. The minimum absolute atomic E-state index is 0.132. The minimum atomic E-state index is -0.132. The zero-order chi connectivity index (χ0) is 14.7. The zero-order valence-corrected chi connectivity index (χ0v) is 11.7. The first kappa shape index (κ1) is 13.5. The molecule has 21 heavy (non-hydrogen) atoms. The lowest BCUT2D eigenvalue weighted by Crippen LogP contribution is -2.16. The maximum absolute atomic E-state index is 12.1. The van der Waals surface area contributed by atoms with Gasteiger partial charge in [0, 0.05) is 23.5 Å². The number of amides is 1. The Morgan fingerprint density at radius 2 is 2.10 bits per heavy atom. The number of fused-ring (bicyclic) bond motifs is 1. The number of anilines is 2. The molecule has 1 aliphatic heterocycles. The maximum Gasteiger partial charge on any atom is 0.228 e. The number of aromatic hydroxyl groups is 1. The van der Waals surface area contributed by atoms with Crippen LogP contribution in [0.15, 0.2) is 42.5 Å². The number of aryl methyl sites for hydroxylation is 1. The van der Waals surface area contributed by atoms with E-state index in [9.17, 15) is 9.90 Å². The first-order valence-electron chi connectivity index (χ1n) is 7.16. The van der Waals surface area contributed by atoms with Crippen LogP contribution < -0.4 is 10.6 Å². The lowest BCUT2D eigenvalue weighted by atomic mass is 10.0. The summed E-state index contributed by atoms with van der Waals surface area (Å²) in [6, 6.07) is 12.8. The van der Waals surface area contributed by atoms with E-state index >= 15 is 0 Å². The second-order valence-corrected chi connectivity index (χ2v) is 5.26. The van der Waals surface area contributed by atoms with Crippen LogP contribution in [0.1, 0.15) is 17.5 Å². The molecular weight excluding hydrogens is 264 g/mol. The topological polar surface area (TPSA) is 61.4 Å². The van der Waals surface area contributed by atoms with E-state index in [4.69, 9.17) is 0 Å². The summed E-state index contributed by atoms with van der Waals surface area (Å²) in [5.74, 6) is 0.0204. The van der Waals surface area contributed by atoms with Gasteiger partial charge < -0.3 is 15.7 Å². The van der Waals surface area contributed by atoms with Crippen molar-refractivity contribution in [2.24, 2.45) is 0 Å². The number of rotatable bonds is 3. The average molecular weight is 282 g/mol. The fourth-order valence-corrected chi connectivity index (χ4v) is 2.58. The Labute approximate surface area is 123 Å². The van der Waals surface area contributed by atoms with Crippen molar-refractivity contribution in [3.8, 4) is 5.75 Å². The number of para-hydroxylation sites is 1. The van der Waals surface area contributed by atoms with Gasteiger partial charge in [0.2, 0.25) is 5.91 Å². The summed E-state index contributed by atoms with van der Waals surface area (Å²) in [7, 11) is 0. The third-order valence-electron chi connectivity index (χ3n) is 3.67. The van der Waals surface area contributed by atoms with E-state index in [0.29, 0.717) is 5.56 Å². The molecule has 0 radical (unpaired) electrons. The smallest absolute Gasteiger partial charge is 0.228 e. The fourth-order valence-electron chi connectivity index (χ4n) is 2.58. The van der Waals surface area contributed by atoms with E-state index < -0.39 is 0 Å². The molecule has 0 saturated carbocycles. The molecule has 0 aliphatic carbocycles. The van der Waals surface area contributed by atoms with E-state index in [2.05, 4.69) is 16.7 Å². The second kappa shape index (κ2) is 5.87. The number of hydrogen-bond acceptors (Lipinski definition) is 3. The first-order chi connectivity index (χ1) is 10.2. The van der Waals surface area contributed by atoms with Crippen molar-refractivity contribution in [1.82, 2.24) is 0 Å². The predicted octanol–water partition coefficient (Wildman–Crippen LogP) is 2.93. The molecule has 2 aromatic carbocycles. The van der Waals surface area contributed by atoms with Gasteiger partial charge in [-0.3, -0.25) is 4.79 Å². The van der Waals surface area contributed by atoms with Crippen molar-refractivity contribution in [2.45, 2.75) is 19.3 Å². The number of carbonyl (C=O) groups is 1. The van der Waals surface area contributed by atoms with Gasteiger partial charge in [-0.25, -0.2) is 0 Å². The lowest BCUT2D eigenvalue weighted by Gasteiger charge is -2.19. The van der Waals surface area contributed by atoms with E-state index in [1.807, 2.05) is 18.2 Å². The highest BCUT2D eigenvalue weighted by Gasteiger charge is 2.11. The molecule has 3 rings (SSSR count). The van der Waals surface area contributed by atoms with Crippen LogP contribution in [0.2, 0.25) is 0 Å². The molecule has 2 aromatic rings. The summed E-state index contributed by atoms with van der Waals surface area (Å²) in [5.41, 5.74) is 3.80. The van der Waals surface area contributed by atoms with Crippen LogP contribution in [0.5, 0.6) is 5.75 Å². The molecule has 0 unspecified atom stereocenters. The van der Waals surface area contributed by atoms with Gasteiger partial charge in [-0.2, -0.15) is 0 Å². The third kappa shape index (κ3) is 3.16. The van der Waals surface area contributed by atoms with Gasteiger partial charge in [-0.1, -0.05) is 24.3 Å². The van der Waals surface area contributed by atoms with Gasteiger partial charge in [0.05, 0.1) is 6.42 Å². The molecule has 0 fully saturated rings. The summed E-state index contributed by atoms with van der Waals surface area (Å²) in [4.78, 5) is 12.1. The predicted molar refractivity (Wildman–Crippen MR) is 83.7 cm³/mol. The molecule has 1 heterocycles. The molecular formula is C17H18N2O2. The highest BCUT2D eigenvalue weighted by Crippen LogP contribution is 2.25. The Hall–Kier alpha value is -2.49. The summed E-state index contributed by atoms with van der Waals surface area (Å²) >= 11 is 0. The summed E-state index contributed by atoms with van der Waals surface area (Å²) in [6.45, 7) is 0.974. The van der Waals surface area contributed by atoms with Crippen molar-refractivity contribution in [2.75, 3.05) is 17.2 Å². The molecule has 1 aliphatic rings. The van der Waals surface area contributed by atoms with Crippen LogP contribution in [0.3, 0.4) is 0 Å². The molecule has 3 N–H and O–H groups in total. The van der Waals surface area contributed by atoms with Gasteiger partial charge in [0.25, 0.3) is 0 Å². The molecule has 0 bridgehead atoms. The van der Waals surface area contributed by atoms with Crippen molar-refractivity contribution in [3.63, 3.8) is 0 Å². The second-order valence-electron chi connectivity index (χ2n) is 5.26. The number of benzene rings is 2. The number of hydrogen-bond donors (Lipinski definition) is 3. The van der Waals surface area contributed by atoms with E-state index in [1.165, 1.54) is 5.56 Å². The molecule has 0 saturated heterocycles. The van der Waals surface area contributed by atoms with Crippen molar-refractivity contribution < 1.29 is 9.90 Å². The number of carbonyl (C=O) groups excluding carboxylic acids is 1. The largest absolute Gasteiger partial charge is 0.508 e. The molecule has 1 amide bonds. The average Bonchev–Trinajstić information content (AvgIpc) is 2.49. The van der Waals surface area contributed by atoms with Gasteiger partial charge in [0.1, 0.15) is 5.75 Å². The molecule has 0 spiro atoms. The van der Waals surface area contributed by atoms with Crippen LogP contribution in [-0.2, 0) is 17.6 Å². The van der Waals surface area contributed by atoms with Crippen molar-refractivity contribution in [3.05, 3.63) is 53.6 Å².